The van der Waals surface area contributed by atoms with Gasteiger partial charge in [0.1, 0.15) is 0 Å². The van der Waals surface area contributed by atoms with Gasteiger partial charge in [-0.15, -0.1) is 0 Å². The predicted molar refractivity (Wildman–Crippen MR) is 82.2 cm³/mol. The average Bonchev–Trinajstić information content (AvgIpc) is 2.93. The summed E-state index contributed by atoms with van der Waals surface area (Å²) in [4.78, 5) is 4.84. The number of hydrogen-bond donors (Lipinski definition) is 1. The Hall–Kier alpha value is -1.28. The second-order valence-electron chi connectivity index (χ2n) is 5.44. The molecule has 0 spiro atoms. The molecule has 1 N–H and O–H groups in total. The van der Waals surface area contributed by atoms with Crippen molar-refractivity contribution in [2.24, 2.45) is 0 Å². The summed E-state index contributed by atoms with van der Waals surface area (Å²) in [5.41, 5.74) is 4.48. The number of nitrogens with one attached hydrogen (secondary N) is 1. The first-order chi connectivity index (χ1) is 9.19. The van der Waals surface area contributed by atoms with E-state index in [4.69, 9.17) is 16.6 Å². The van der Waals surface area contributed by atoms with E-state index < -0.39 is 0 Å². The second kappa shape index (κ2) is 5.01. The Morgan fingerprint density at radius 3 is 2.63 bits per heavy atom. The zero-order valence-corrected chi connectivity index (χ0v) is 12.2. The molecule has 0 bridgehead atoms. The molecule has 19 heavy (non-hydrogen) atoms. The van der Waals surface area contributed by atoms with Crippen LogP contribution in [-0.4, -0.2) is 12.0 Å². The summed E-state index contributed by atoms with van der Waals surface area (Å²) < 4.78 is 0. The van der Waals surface area contributed by atoms with Gasteiger partial charge < -0.3 is 5.32 Å². The Bertz CT molecular complexity index is 616. The van der Waals surface area contributed by atoms with Gasteiger partial charge in [-0.1, -0.05) is 24.4 Å². The van der Waals surface area contributed by atoms with E-state index >= 15 is 0 Å². The van der Waals surface area contributed by atoms with Gasteiger partial charge in [0.25, 0.3) is 0 Å². The monoisotopic (exact) mass is 274 g/mol. The van der Waals surface area contributed by atoms with Crippen LogP contribution in [0.25, 0.3) is 10.9 Å². The van der Waals surface area contributed by atoms with Gasteiger partial charge in [-0.3, -0.25) is 4.98 Å². The van der Waals surface area contributed by atoms with Crippen LogP contribution in [0.1, 0.15) is 42.9 Å². The minimum absolute atomic E-state index is 0.622. The van der Waals surface area contributed by atoms with Gasteiger partial charge in [0.15, 0.2) is 0 Å². The molecule has 0 radical (unpaired) electrons. The number of rotatable bonds is 2. The van der Waals surface area contributed by atoms with Crippen LogP contribution in [0.4, 0.5) is 5.69 Å². The van der Waals surface area contributed by atoms with Crippen molar-refractivity contribution in [3.8, 4) is 0 Å². The molecular formula is C16H19ClN2. The minimum Gasteiger partial charge on any atom is -0.388 e. The van der Waals surface area contributed by atoms with E-state index in [1.165, 1.54) is 31.4 Å². The summed E-state index contributed by atoms with van der Waals surface area (Å²) in [6, 6.07) is 6.33. The van der Waals surface area contributed by atoms with Crippen LogP contribution in [0.15, 0.2) is 18.2 Å². The maximum atomic E-state index is 6.23. The summed E-state index contributed by atoms with van der Waals surface area (Å²) in [6.45, 7) is 2.03. The van der Waals surface area contributed by atoms with E-state index in [9.17, 15) is 0 Å². The number of halogens is 1. The van der Waals surface area contributed by atoms with Crippen LogP contribution >= 0.6 is 11.6 Å². The fraction of sp³-hybridized carbons (Fsp3) is 0.438. The van der Waals surface area contributed by atoms with Gasteiger partial charge >= 0.3 is 0 Å². The van der Waals surface area contributed by atoms with E-state index in [-0.39, 0.29) is 0 Å². The molecule has 1 aromatic carbocycles. The summed E-state index contributed by atoms with van der Waals surface area (Å²) in [6.07, 6.45) is 5.18. The van der Waals surface area contributed by atoms with Crippen molar-refractivity contribution in [2.45, 2.75) is 38.5 Å². The predicted octanol–water partition coefficient (Wildman–Crippen LogP) is 4.90. The van der Waals surface area contributed by atoms with Gasteiger partial charge in [-0.05, 0) is 43.5 Å². The van der Waals surface area contributed by atoms with Crippen molar-refractivity contribution in [3.63, 3.8) is 0 Å². The van der Waals surface area contributed by atoms with E-state index in [1.807, 2.05) is 20.0 Å². The first kappa shape index (κ1) is 12.7. The molecular weight excluding hydrogens is 256 g/mol. The Labute approximate surface area is 119 Å². The van der Waals surface area contributed by atoms with Gasteiger partial charge in [0.05, 0.1) is 5.52 Å². The van der Waals surface area contributed by atoms with Crippen LogP contribution < -0.4 is 5.32 Å². The first-order valence-electron chi connectivity index (χ1n) is 6.97. The maximum Gasteiger partial charge on any atom is 0.0741 e. The molecule has 1 aliphatic carbocycles. The number of benzene rings is 1. The van der Waals surface area contributed by atoms with E-state index in [0.717, 1.165) is 27.2 Å². The van der Waals surface area contributed by atoms with Crippen molar-refractivity contribution in [1.29, 1.82) is 0 Å². The first-order valence-corrected chi connectivity index (χ1v) is 7.35. The van der Waals surface area contributed by atoms with Crippen molar-refractivity contribution in [2.75, 3.05) is 12.4 Å². The standard InChI is InChI=1S/C16H19ClN2/c1-10-7-12-15(18-2)9-14(11-5-3-4-6-11)19-16(12)8-13(10)17/h7-9,11H,3-6H2,1-2H3,(H,18,19). The third-order valence-corrected chi connectivity index (χ3v) is 4.56. The van der Waals surface area contributed by atoms with Crippen LogP contribution in [-0.2, 0) is 0 Å². The lowest BCUT2D eigenvalue weighted by molar-refractivity contribution is 0.701. The molecule has 2 nitrogen and oxygen atoms in total. The van der Waals surface area contributed by atoms with E-state index in [0.29, 0.717) is 5.92 Å². The molecule has 1 heterocycles. The highest BCUT2D eigenvalue weighted by molar-refractivity contribution is 6.32. The third kappa shape index (κ3) is 2.30. The Morgan fingerprint density at radius 1 is 1.21 bits per heavy atom. The zero-order valence-electron chi connectivity index (χ0n) is 11.5. The molecule has 1 aliphatic rings. The molecule has 3 heteroatoms. The lowest BCUT2D eigenvalue weighted by atomic mass is 10.0. The summed E-state index contributed by atoms with van der Waals surface area (Å²) in [7, 11) is 1.97. The molecule has 2 aromatic rings. The van der Waals surface area contributed by atoms with Gasteiger partial charge in [-0.25, -0.2) is 0 Å². The molecule has 100 valence electrons. The maximum absolute atomic E-state index is 6.23. The number of pyridine rings is 1. The topological polar surface area (TPSA) is 24.9 Å². The molecule has 0 aliphatic heterocycles. The van der Waals surface area contributed by atoms with E-state index in [1.54, 1.807) is 0 Å². The highest BCUT2D eigenvalue weighted by atomic mass is 35.5. The molecule has 0 unspecified atom stereocenters. The van der Waals surface area contributed by atoms with Crippen LogP contribution in [0.3, 0.4) is 0 Å². The lowest BCUT2D eigenvalue weighted by Gasteiger charge is -2.14. The van der Waals surface area contributed by atoms with Gasteiger partial charge in [0, 0.05) is 34.8 Å². The smallest absolute Gasteiger partial charge is 0.0741 e. The normalized spacial score (nSPS) is 16.2. The number of aryl methyl sites for hydroxylation is 1. The lowest BCUT2D eigenvalue weighted by Crippen LogP contribution is -2.00. The Balaban J connectivity index is 2.18. The minimum atomic E-state index is 0.622. The fourth-order valence-corrected chi connectivity index (χ4v) is 3.17. The molecule has 1 saturated carbocycles. The Morgan fingerprint density at radius 2 is 1.95 bits per heavy atom. The summed E-state index contributed by atoms with van der Waals surface area (Å²) in [5, 5.41) is 5.25. The SMILES string of the molecule is CNc1cc(C2CCCC2)nc2cc(Cl)c(C)cc12. The number of anilines is 1. The molecule has 0 amide bonds. The highest BCUT2D eigenvalue weighted by Gasteiger charge is 2.20. The van der Waals surface area contributed by atoms with Crippen molar-refractivity contribution in [3.05, 3.63) is 34.5 Å². The average molecular weight is 275 g/mol. The third-order valence-electron chi connectivity index (χ3n) is 4.15. The van der Waals surface area contributed by atoms with Crippen LogP contribution in [0.5, 0.6) is 0 Å². The molecule has 3 rings (SSSR count). The summed E-state index contributed by atoms with van der Waals surface area (Å²) >= 11 is 6.23. The van der Waals surface area contributed by atoms with E-state index in [2.05, 4.69) is 17.4 Å². The molecule has 0 saturated heterocycles. The Kier molecular flexibility index (Phi) is 3.36. The summed E-state index contributed by atoms with van der Waals surface area (Å²) in [5.74, 6) is 0.622. The number of fused-ring (bicyclic) bond motifs is 1. The quantitative estimate of drug-likeness (QED) is 0.843. The van der Waals surface area contributed by atoms with Gasteiger partial charge in [-0.2, -0.15) is 0 Å². The second-order valence-corrected chi connectivity index (χ2v) is 5.85. The molecule has 0 atom stereocenters. The fourth-order valence-electron chi connectivity index (χ4n) is 3.01. The van der Waals surface area contributed by atoms with Crippen LogP contribution in [0.2, 0.25) is 5.02 Å². The largest absolute Gasteiger partial charge is 0.388 e. The highest BCUT2D eigenvalue weighted by Crippen LogP contribution is 2.36. The number of nitrogens with zero attached hydrogens (tertiary/aromatic N) is 1. The van der Waals surface area contributed by atoms with Crippen molar-refractivity contribution >= 4 is 28.2 Å². The van der Waals surface area contributed by atoms with Crippen molar-refractivity contribution < 1.29 is 0 Å². The molecule has 1 fully saturated rings. The van der Waals surface area contributed by atoms with Crippen LogP contribution in [0, 0.1) is 6.92 Å². The molecule has 1 aromatic heterocycles. The number of hydrogen-bond acceptors (Lipinski definition) is 2. The number of aromatic nitrogens is 1. The van der Waals surface area contributed by atoms with Gasteiger partial charge in [0.2, 0.25) is 0 Å². The zero-order chi connectivity index (χ0) is 13.4. The van der Waals surface area contributed by atoms with Crippen molar-refractivity contribution in [1.82, 2.24) is 4.98 Å².